The standard InChI is InChI=1S/C16H19BrO6/c1-4-11-10(8-9(3)17)6-7-12-13(11)23-16(5-2,22-12)14(18)21-15(19)20/h6-7,9H,4-5,8H2,1-3H3,(H,19,20)/t9-,16?/m1/s1. The largest absolute Gasteiger partial charge is 0.513 e. The van der Waals surface area contributed by atoms with Gasteiger partial charge in [0.25, 0.3) is 0 Å². The molecule has 1 aliphatic heterocycles. The van der Waals surface area contributed by atoms with Gasteiger partial charge in [-0.2, -0.15) is 0 Å². The van der Waals surface area contributed by atoms with Gasteiger partial charge in [0.05, 0.1) is 0 Å². The molecule has 23 heavy (non-hydrogen) atoms. The van der Waals surface area contributed by atoms with Crippen molar-refractivity contribution in [3.63, 3.8) is 0 Å². The lowest BCUT2D eigenvalue weighted by molar-refractivity contribution is -0.179. The highest BCUT2D eigenvalue weighted by Gasteiger charge is 2.51. The maximum Gasteiger partial charge on any atom is 0.513 e. The number of benzene rings is 1. The van der Waals surface area contributed by atoms with Crippen molar-refractivity contribution < 1.29 is 28.9 Å². The van der Waals surface area contributed by atoms with E-state index in [4.69, 9.17) is 14.6 Å². The van der Waals surface area contributed by atoms with Crippen LogP contribution in [0.1, 0.15) is 38.3 Å². The lowest BCUT2D eigenvalue weighted by atomic mass is 10.00. The van der Waals surface area contributed by atoms with Gasteiger partial charge in [0.15, 0.2) is 11.5 Å². The summed E-state index contributed by atoms with van der Waals surface area (Å²) in [5, 5.41) is 8.66. The Morgan fingerprint density at radius 3 is 2.57 bits per heavy atom. The van der Waals surface area contributed by atoms with Crippen molar-refractivity contribution in [2.45, 2.75) is 50.6 Å². The summed E-state index contributed by atoms with van der Waals surface area (Å²) in [5.74, 6) is -1.90. The zero-order chi connectivity index (χ0) is 17.2. The normalized spacial score (nSPS) is 20.2. The molecule has 0 spiro atoms. The van der Waals surface area contributed by atoms with Crippen molar-refractivity contribution >= 4 is 28.1 Å². The summed E-state index contributed by atoms with van der Waals surface area (Å²) < 4.78 is 15.7. The summed E-state index contributed by atoms with van der Waals surface area (Å²) in [7, 11) is 0. The van der Waals surface area contributed by atoms with Crippen molar-refractivity contribution in [2.75, 3.05) is 0 Å². The van der Waals surface area contributed by atoms with Gasteiger partial charge in [0.1, 0.15) is 0 Å². The fourth-order valence-electron chi connectivity index (χ4n) is 2.61. The quantitative estimate of drug-likeness (QED) is 0.472. The fraction of sp³-hybridized carbons (Fsp3) is 0.500. The van der Waals surface area contributed by atoms with E-state index >= 15 is 0 Å². The van der Waals surface area contributed by atoms with E-state index in [-0.39, 0.29) is 6.42 Å². The summed E-state index contributed by atoms with van der Waals surface area (Å²) in [6.45, 7) is 5.70. The summed E-state index contributed by atoms with van der Waals surface area (Å²) in [5.41, 5.74) is 2.05. The molecule has 0 bridgehead atoms. The van der Waals surface area contributed by atoms with Gasteiger partial charge in [-0.3, -0.25) is 0 Å². The molecule has 7 heteroatoms. The van der Waals surface area contributed by atoms with Gasteiger partial charge in [-0.15, -0.1) is 0 Å². The van der Waals surface area contributed by atoms with E-state index in [2.05, 4.69) is 20.7 Å². The van der Waals surface area contributed by atoms with E-state index in [1.54, 1.807) is 13.0 Å². The Labute approximate surface area is 142 Å². The molecule has 0 aliphatic carbocycles. The van der Waals surface area contributed by atoms with Gasteiger partial charge in [-0.05, 0) is 24.5 Å². The SMILES string of the molecule is CCc1c(C[C@@H](C)Br)ccc2c1OC(CC)(C(=O)OC(=O)O)O2. The molecule has 0 saturated heterocycles. The molecule has 0 saturated carbocycles. The van der Waals surface area contributed by atoms with Crippen LogP contribution in [-0.4, -0.2) is 27.8 Å². The van der Waals surface area contributed by atoms with E-state index in [9.17, 15) is 9.59 Å². The predicted molar refractivity (Wildman–Crippen MR) is 86.3 cm³/mol. The Morgan fingerprint density at radius 2 is 2.04 bits per heavy atom. The van der Waals surface area contributed by atoms with Crippen molar-refractivity contribution in [3.05, 3.63) is 23.3 Å². The molecule has 0 amide bonds. The average molecular weight is 387 g/mol. The minimum Gasteiger partial charge on any atom is -0.449 e. The molecule has 0 aromatic heterocycles. The van der Waals surface area contributed by atoms with Gasteiger partial charge >= 0.3 is 17.9 Å². The Kier molecular flexibility index (Phi) is 5.19. The van der Waals surface area contributed by atoms with Crippen molar-refractivity contribution in [2.24, 2.45) is 0 Å². The molecule has 1 aromatic carbocycles. The summed E-state index contributed by atoms with van der Waals surface area (Å²) in [6, 6.07) is 3.68. The number of hydrogen-bond donors (Lipinski definition) is 1. The predicted octanol–water partition coefficient (Wildman–Crippen LogP) is 3.67. The molecule has 126 valence electrons. The minimum absolute atomic E-state index is 0.126. The maximum absolute atomic E-state index is 12.1. The first-order valence-corrected chi connectivity index (χ1v) is 8.36. The second-order valence-electron chi connectivity index (χ2n) is 5.33. The first-order chi connectivity index (χ1) is 10.8. The van der Waals surface area contributed by atoms with E-state index in [0.717, 1.165) is 17.5 Å². The number of carbonyl (C=O) groups excluding carboxylic acids is 1. The smallest absolute Gasteiger partial charge is 0.449 e. The number of esters is 1. The summed E-state index contributed by atoms with van der Waals surface area (Å²) in [4.78, 5) is 23.0. The van der Waals surface area contributed by atoms with Crippen LogP contribution in [-0.2, 0) is 22.4 Å². The van der Waals surface area contributed by atoms with E-state index in [1.807, 2.05) is 19.9 Å². The molecule has 1 heterocycles. The number of carbonyl (C=O) groups is 2. The van der Waals surface area contributed by atoms with Crippen molar-refractivity contribution in [1.82, 2.24) is 0 Å². The summed E-state index contributed by atoms with van der Waals surface area (Å²) >= 11 is 3.53. The Balaban J connectivity index is 2.39. The number of halogens is 1. The van der Waals surface area contributed by atoms with Crippen LogP contribution in [0.4, 0.5) is 4.79 Å². The topological polar surface area (TPSA) is 82.1 Å². The molecule has 2 atom stereocenters. The third kappa shape index (κ3) is 3.44. The van der Waals surface area contributed by atoms with Crippen molar-refractivity contribution in [1.29, 1.82) is 0 Å². The van der Waals surface area contributed by atoms with Gasteiger partial charge < -0.3 is 19.3 Å². The number of hydrogen-bond acceptors (Lipinski definition) is 5. The lowest BCUT2D eigenvalue weighted by Crippen LogP contribution is -2.48. The van der Waals surface area contributed by atoms with E-state index in [1.165, 1.54) is 0 Å². The van der Waals surface area contributed by atoms with Crippen LogP contribution >= 0.6 is 15.9 Å². The number of alkyl halides is 1. The number of ether oxygens (including phenoxy) is 3. The molecule has 2 rings (SSSR count). The highest BCUT2D eigenvalue weighted by Crippen LogP contribution is 2.45. The van der Waals surface area contributed by atoms with Crippen molar-refractivity contribution in [3.8, 4) is 11.5 Å². The van der Waals surface area contributed by atoms with Crippen LogP contribution in [0.2, 0.25) is 0 Å². The zero-order valence-corrected chi connectivity index (χ0v) is 14.8. The third-order valence-corrected chi connectivity index (χ3v) is 4.00. The minimum atomic E-state index is -1.75. The molecule has 6 nitrogen and oxygen atoms in total. The van der Waals surface area contributed by atoms with Gasteiger partial charge in [-0.1, -0.05) is 42.8 Å². The molecule has 1 unspecified atom stereocenters. The first-order valence-electron chi connectivity index (χ1n) is 7.45. The highest BCUT2D eigenvalue weighted by molar-refractivity contribution is 9.09. The first kappa shape index (κ1) is 17.6. The molecule has 1 aromatic rings. The van der Waals surface area contributed by atoms with E-state index in [0.29, 0.717) is 22.7 Å². The van der Waals surface area contributed by atoms with Crippen LogP contribution < -0.4 is 9.47 Å². The van der Waals surface area contributed by atoms with Crippen LogP contribution in [0.3, 0.4) is 0 Å². The van der Waals surface area contributed by atoms with Gasteiger partial charge in [0.2, 0.25) is 0 Å². The average Bonchev–Trinajstić information content (AvgIpc) is 2.86. The van der Waals surface area contributed by atoms with Crippen LogP contribution in [0.25, 0.3) is 0 Å². The van der Waals surface area contributed by atoms with E-state index < -0.39 is 17.9 Å². The zero-order valence-electron chi connectivity index (χ0n) is 13.2. The van der Waals surface area contributed by atoms with Gasteiger partial charge in [-0.25, -0.2) is 9.59 Å². The second-order valence-corrected chi connectivity index (χ2v) is 6.90. The number of carboxylic acid groups (broad SMARTS) is 1. The number of fused-ring (bicyclic) bond motifs is 1. The number of rotatable bonds is 5. The van der Waals surface area contributed by atoms with Crippen LogP contribution in [0.5, 0.6) is 11.5 Å². The second kappa shape index (κ2) is 6.78. The highest BCUT2D eigenvalue weighted by atomic mass is 79.9. The molecule has 1 N–H and O–H groups in total. The van der Waals surface area contributed by atoms with Crippen LogP contribution in [0.15, 0.2) is 12.1 Å². The summed E-state index contributed by atoms with van der Waals surface area (Å²) in [6.07, 6.45) is -0.0508. The molecular formula is C16H19BrO6. The monoisotopic (exact) mass is 386 g/mol. The Morgan fingerprint density at radius 1 is 1.35 bits per heavy atom. The molecule has 1 aliphatic rings. The Bertz CT molecular complexity index is 627. The third-order valence-electron chi connectivity index (χ3n) is 3.67. The Hall–Kier alpha value is -1.76. The fourth-order valence-corrected chi connectivity index (χ4v) is 2.96. The lowest BCUT2D eigenvalue weighted by Gasteiger charge is -2.22. The molecule has 0 fully saturated rings. The maximum atomic E-state index is 12.1. The molecular weight excluding hydrogens is 368 g/mol. The molecule has 0 radical (unpaired) electrons. The van der Waals surface area contributed by atoms with Gasteiger partial charge in [0, 0.05) is 16.8 Å². The van der Waals surface area contributed by atoms with Crippen LogP contribution in [0, 0.1) is 0 Å².